The van der Waals surface area contributed by atoms with Gasteiger partial charge >= 0.3 is 5.97 Å². The van der Waals surface area contributed by atoms with Gasteiger partial charge in [-0.3, -0.25) is 4.90 Å². The second kappa shape index (κ2) is 5.43. The van der Waals surface area contributed by atoms with E-state index in [4.69, 9.17) is 9.52 Å². The molecule has 0 aliphatic carbocycles. The molecule has 2 heterocycles. The van der Waals surface area contributed by atoms with Gasteiger partial charge in [0.25, 0.3) is 0 Å². The third kappa shape index (κ3) is 2.83. The summed E-state index contributed by atoms with van der Waals surface area (Å²) in [5.41, 5.74) is 0. The molecule has 0 saturated carbocycles. The molecule has 1 aliphatic rings. The first-order chi connectivity index (χ1) is 9.64. The number of hydrogen-bond donors (Lipinski definition) is 1. The molecule has 0 aromatic carbocycles. The molecule has 0 spiro atoms. The number of sulfonamides is 1. The summed E-state index contributed by atoms with van der Waals surface area (Å²) in [5, 5.41) is 8.91. The van der Waals surface area contributed by atoms with Crippen LogP contribution in [0.3, 0.4) is 0 Å². The monoisotopic (exact) mass is 316 g/mol. The molecule has 2 rings (SSSR count). The van der Waals surface area contributed by atoms with Crippen molar-refractivity contribution < 1.29 is 22.7 Å². The number of hydrogen-bond acceptors (Lipinski definition) is 5. The Balaban J connectivity index is 2.36. The fourth-order valence-electron chi connectivity index (χ4n) is 2.52. The lowest BCUT2D eigenvalue weighted by Crippen LogP contribution is -2.56. The number of rotatable bonds is 3. The Kier molecular flexibility index (Phi) is 4.14. The van der Waals surface area contributed by atoms with Crippen LogP contribution in [-0.4, -0.2) is 60.9 Å². The van der Waals surface area contributed by atoms with Gasteiger partial charge in [0.05, 0.1) is 0 Å². The van der Waals surface area contributed by atoms with E-state index < -0.39 is 16.0 Å². The lowest BCUT2D eigenvalue weighted by Gasteiger charge is -2.41. The lowest BCUT2D eigenvalue weighted by molar-refractivity contribution is 0.0661. The molecule has 1 aliphatic heterocycles. The Morgan fingerprint density at radius 1 is 1.33 bits per heavy atom. The predicted octanol–water partition coefficient (Wildman–Crippen LogP) is 0.999. The van der Waals surface area contributed by atoms with Crippen molar-refractivity contribution in [1.29, 1.82) is 0 Å². The van der Waals surface area contributed by atoms with Crippen molar-refractivity contribution in [2.75, 3.05) is 20.1 Å². The van der Waals surface area contributed by atoms with E-state index in [0.717, 1.165) is 6.07 Å². The van der Waals surface area contributed by atoms with E-state index in [1.165, 1.54) is 11.2 Å². The fourth-order valence-corrected chi connectivity index (χ4v) is 4.28. The van der Waals surface area contributed by atoms with Crippen LogP contribution in [0.5, 0.6) is 0 Å². The summed E-state index contributed by atoms with van der Waals surface area (Å²) < 4.78 is 31.8. The van der Waals surface area contributed by atoms with Gasteiger partial charge in [-0.25, -0.2) is 13.2 Å². The molecular weight excluding hydrogens is 296 g/mol. The van der Waals surface area contributed by atoms with Gasteiger partial charge in [0.1, 0.15) is 10.7 Å². The highest BCUT2D eigenvalue weighted by atomic mass is 32.2. The van der Waals surface area contributed by atoms with Crippen LogP contribution >= 0.6 is 0 Å². The molecule has 0 radical (unpaired) electrons. The molecule has 21 heavy (non-hydrogen) atoms. The van der Waals surface area contributed by atoms with E-state index in [1.54, 1.807) is 0 Å². The zero-order valence-corrected chi connectivity index (χ0v) is 13.3. The molecule has 2 unspecified atom stereocenters. The number of nitrogens with zero attached hydrogens (tertiary/aromatic N) is 2. The van der Waals surface area contributed by atoms with Gasteiger partial charge in [-0.15, -0.1) is 0 Å². The topological polar surface area (TPSA) is 91.1 Å². The van der Waals surface area contributed by atoms with Crippen molar-refractivity contribution in [2.24, 2.45) is 0 Å². The van der Waals surface area contributed by atoms with Gasteiger partial charge in [0, 0.05) is 31.2 Å². The van der Waals surface area contributed by atoms with Gasteiger partial charge in [0.15, 0.2) is 0 Å². The largest absolute Gasteiger partial charge is 0.475 e. The van der Waals surface area contributed by atoms with Gasteiger partial charge in [0.2, 0.25) is 15.8 Å². The summed E-state index contributed by atoms with van der Waals surface area (Å²) in [5.74, 6) is -1.53. The highest BCUT2D eigenvalue weighted by molar-refractivity contribution is 7.89. The number of aryl methyl sites for hydroxylation is 1. The molecule has 1 saturated heterocycles. The normalized spacial score (nSPS) is 25.1. The number of carboxylic acids is 1. The first-order valence-corrected chi connectivity index (χ1v) is 8.14. The maximum atomic E-state index is 12.7. The summed E-state index contributed by atoms with van der Waals surface area (Å²) in [7, 11) is -1.78. The minimum Gasteiger partial charge on any atom is -0.475 e. The van der Waals surface area contributed by atoms with Crippen LogP contribution in [0.4, 0.5) is 0 Å². The van der Waals surface area contributed by atoms with Gasteiger partial charge in [-0.1, -0.05) is 0 Å². The zero-order chi connectivity index (χ0) is 15.9. The summed E-state index contributed by atoms with van der Waals surface area (Å²) in [6, 6.07) is 1.27. The summed E-state index contributed by atoms with van der Waals surface area (Å²) in [6.45, 7) is 6.13. The Morgan fingerprint density at radius 3 is 2.29 bits per heavy atom. The molecule has 7 nitrogen and oxygen atoms in total. The molecule has 0 bridgehead atoms. The van der Waals surface area contributed by atoms with Gasteiger partial charge in [-0.05, 0) is 27.8 Å². The van der Waals surface area contributed by atoms with Crippen molar-refractivity contribution in [3.63, 3.8) is 0 Å². The Labute approximate surface area is 124 Å². The average molecular weight is 316 g/mol. The van der Waals surface area contributed by atoms with Crippen LogP contribution in [0.1, 0.15) is 30.2 Å². The third-order valence-electron chi connectivity index (χ3n) is 4.03. The first-order valence-electron chi connectivity index (χ1n) is 6.70. The van der Waals surface area contributed by atoms with Crippen molar-refractivity contribution in [3.8, 4) is 0 Å². The van der Waals surface area contributed by atoms with Gasteiger partial charge < -0.3 is 9.52 Å². The minimum absolute atomic E-state index is 0.0659. The van der Waals surface area contributed by atoms with Crippen molar-refractivity contribution in [3.05, 3.63) is 17.6 Å². The van der Waals surface area contributed by atoms with Crippen LogP contribution in [0.2, 0.25) is 0 Å². The zero-order valence-electron chi connectivity index (χ0n) is 12.5. The Hall–Kier alpha value is -1.38. The van der Waals surface area contributed by atoms with Crippen molar-refractivity contribution >= 4 is 16.0 Å². The molecule has 1 fully saturated rings. The quantitative estimate of drug-likeness (QED) is 0.894. The molecular formula is C13H20N2O5S. The maximum Gasteiger partial charge on any atom is 0.371 e. The Bertz CT molecular complexity index is 640. The highest BCUT2D eigenvalue weighted by Gasteiger charge is 2.36. The number of piperazine rings is 1. The van der Waals surface area contributed by atoms with E-state index in [9.17, 15) is 13.2 Å². The summed E-state index contributed by atoms with van der Waals surface area (Å²) in [4.78, 5) is 13.0. The van der Waals surface area contributed by atoms with E-state index >= 15 is 0 Å². The number of carboxylic acid groups (broad SMARTS) is 1. The molecule has 0 amide bonds. The van der Waals surface area contributed by atoms with Gasteiger partial charge in [-0.2, -0.15) is 4.31 Å². The Morgan fingerprint density at radius 2 is 1.86 bits per heavy atom. The predicted molar refractivity (Wildman–Crippen MR) is 75.9 cm³/mol. The van der Waals surface area contributed by atoms with Crippen LogP contribution < -0.4 is 0 Å². The molecule has 118 valence electrons. The van der Waals surface area contributed by atoms with E-state index in [0.29, 0.717) is 13.1 Å². The molecule has 2 atom stereocenters. The third-order valence-corrected chi connectivity index (χ3v) is 5.97. The molecule has 1 aromatic heterocycles. The summed E-state index contributed by atoms with van der Waals surface area (Å²) >= 11 is 0. The number of carbonyl (C=O) groups is 1. The maximum absolute atomic E-state index is 12.7. The first kappa shape index (κ1) is 16.0. The average Bonchev–Trinajstić information content (AvgIpc) is 2.78. The number of furan rings is 1. The van der Waals surface area contributed by atoms with E-state index in [-0.39, 0.29) is 28.5 Å². The summed E-state index contributed by atoms with van der Waals surface area (Å²) in [6.07, 6.45) is 0. The lowest BCUT2D eigenvalue weighted by atomic mass is 10.1. The van der Waals surface area contributed by atoms with Crippen LogP contribution in [0, 0.1) is 6.92 Å². The highest BCUT2D eigenvalue weighted by Crippen LogP contribution is 2.26. The smallest absolute Gasteiger partial charge is 0.371 e. The van der Waals surface area contributed by atoms with E-state index in [1.807, 2.05) is 20.9 Å². The SMILES string of the molecule is Cc1oc(C(=O)O)cc1S(=O)(=O)N1CC(C)N(C)C(C)C1. The fraction of sp³-hybridized carbons (Fsp3) is 0.615. The van der Waals surface area contributed by atoms with Crippen LogP contribution in [-0.2, 0) is 10.0 Å². The number of likely N-dealkylation sites (N-methyl/N-ethyl adjacent to an activating group) is 1. The van der Waals surface area contributed by atoms with Crippen molar-refractivity contribution in [1.82, 2.24) is 9.21 Å². The molecule has 1 aromatic rings. The minimum atomic E-state index is -3.75. The van der Waals surface area contributed by atoms with Crippen molar-refractivity contribution in [2.45, 2.75) is 37.8 Å². The van der Waals surface area contributed by atoms with Crippen LogP contribution in [0.15, 0.2) is 15.4 Å². The number of aromatic carboxylic acids is 1. The van der Waals surface area contributed by atoms with E-state index in [2.05, 4.69) is 4.90 Å². The molecule has 1 N–H and O–H groups in total. The standard InChI is InChI=1S/C13H20N2O5S/c1-8-6-15(7-9(2)14(8)4)21(18,19)12-5-11(13(16)17)20-10(12)3/h5,8-9H,6-7H2,1-4H3,(H,16,17). The van der Waals surface area contributed by atoms with Crippen LogP contribution in [0.25, 0.3) is 0 Å². The second-order valence-electron chi connectivity index (χ2n) is 5.52. The second-order valence-corrected chi connectivity index (χ2v) is 7.43. The molecule has 8 heteroatoms.